The van der Waals surface area contributed by atoms with Crippen molar-refractivity contribution < 1.29 is 44.3 Å². The van der Waals surface area contributed by atoms with Crippen molar-refractivity contribution in [1.29, 1.82) is 0 Å². The molecule has 1 aliphatic rings. The van der Waals surface area contributed by atoms with Gasteiger partial charge in [-0.3, -0.25) is 19.2 Å². The zero-order valence-electron chi connectivity index (χ0n) is 19.8. The number of likely N-dealkylation sites (tertiary alicyclic amines) is 1. The van der Waals surface area contributed by atoms with Crippen LogP contribution in [-0.2, 0) is 25.6 Å². The van der Waals surface area contributed by atoms with Crippen LogP contribution in [0.3, 0.4) is 0 Å². The van der Waals surface area contributed by atoms with Crippen molar-refractivity contribution in [3.63, 3.8) is 0 Å². The lowest BCUT2D eigenvalue weighted by molar-refractivity contribution is -0.143. The predicted octanol–water partition coefficient (Wildman–Crippen LogP) is 2.43. The van der Waals surface area contributed by atoms with Gasteiger partial charge in [0, 0.05) is 18.1 Å². The number of carbonyl (C=O) groups is 4. The largest absolute Gasteiger partial charge is 0.494 e. The number of ether oxygens (including phenoxy) is 1. The monoisotopic (exact) mass is 518 g/mol. The first kappa shape index (κ1) is 32.1. The second-order valence-electron chi connectivity index (χ2n) is 7.70. The van der Waals surface area contributed by atoms with Crippen LogP contribution in [0, 0.1) is 5.92 Å². The summed E-state index contributed by atoms with van der Waals surface area (Å²) >= 11 is 6.07. The van der Waals surface area contributed by atoms with Crippen LogP contribution in [0.1, 0.15) is 44.6 Å². The van der Waals surface area contributed by atoms with Gasteiger partial charge >= 0.3 is 23.9 Å². The summed E-state index contributed by atoms with van der Waals surface area (Å²) < 4.78 is 5.65. The fourth-order valence-corrected chi connectivity index (χ4v) is 3.25. The summed E-state index contributed by atoms with van der Waals surface area (Å²) in [6.45, 7) is 6.83. The second kappa shape index (κ2) is 18.4. The Labute approximate surface area is 209 Å². The number of nitrogens with two attached hydrogens (primary N) is 1. The molecule has 1 fully saturated rings. The molecule has 1 aromatic carbocycles. The molecular formula is C23H35ClN2O9. The molecule has 6 N–H and O–H groups in total. The van der Waals surface area contributed by atoms with E-state index in [1.54, 1.807) is 0 Å². The fourth-order valence-electron chi connectivity index (χ4n) is 3.05. The van der Waals surface area contributed by atoms with Crippen LogP contribution in [0.25, 0.3) is 0 Å². The molecule has 1 aromatic rings. The highest BCUT2D eigenvalue weighted by atomic mass is 35.5. The minimum absolute atomic E-state index is 0.296. The van der Waals surface area contributed by atoms with Gasteiger partial charge in [0.15, 0.2) is 0 Å². The molecule has 11 nitrogen and oxygen atoms in total. The van der Waals surface area contributed by atoms with Crippen molar-refractivity contribution in [3.05, 3.63) is 28.8 Å². The van der Waals surface area contributed by atoms with Crippen LogP contribution < -0.4 is 10.5 Å². The molecule has 0 radical (unpaired) electrons. The van der Waals surface area contributed by atoms with Crippen LogP contribution in [0.5, 0.6) is 5.75 Å². The number of hydrogen-bond acceptors (Lipinski definition) is 7. The summed E-state index contributed by atoms with van der Waals surface area (Å²) in [5, 5.41) is 32.4. The molecule has 2 rings (SSSR count). The van der Waals surface area contributed by atoms with Gasteiger partial charge in [0.05, 0.1) is 32.3 Å². The van der Waals surface area contributed by atoms with E-state index in [1.165, 1.54) is 12.0 Å². The van der Waals surface area contributed by atoms with E-state index in [1.807, 2.05) is 25.1 Å². The van der Waals surface area contributed by atoms with E-state index in [0.717, 1.165) is 43.4 Å². The number of carboxylic acid groups (broad SMARTS) is 4. The highest BCUT2D eigenvalue weighted by molar-refractivity contribution is 6.30. The number of benzene rings is 1. The Morgan fingerprint density at radius 1 is 1.00 bits per heavy atom. The standard InChI is InChI=1S/C15H23ClN2O.2C4H6O4/c1-2-19-15-4-3-14(16)9-13(15)6-8-18-7-5-12(10-17)11-18;2*5-3(6)1-2-4(7)8/h3-4,9,12H,2,5-8,10-11,17H2,1H3;2*1-2H2,(H,5,6)(H,7,8)/t12-;;/m0../s1. The van der Waals surface area contributed by atoms with E-state index in [4.69, 9.17) is 42.5 Å². The van der Waals surface area contributed by atoms with E-state index in [0.29, 0.717) is 12.5 Å². The van der Waals surface area contributed by atoms with Crippen LogP contribution >= 0.6 is 11.6 Å². The Balaban J connectivity index is 0.000000601. The van der Waals surface area contributed by atoms with Crippen LogP contribution in [0.4, 0.5) is 0 Å². The molecule has 1 saturated heterocycles. The Bertz CT molecular complexity index is 764. The highest BCUT2D eigenvalue weighted by Crippen LogP contribution is 2.24. The SMILES string of the molecule is CCOc1ccc(Cl)cc1CCN1CC[C@@H](CN)C1.O=C(O)CCC(=O)O.O=C(O)CCC(=O)O. The molecule has 0 aliphatic carbocycles. The fraction of sp³-hybridized carbons (Fsp3) is 0.565. The van der Waals surface area contributed by atoms with Gasteiger partial charge in [-0.15, -0.1) is 0 Å². The normalized spacial score (nSPS) is 14.7. The smallest absolute Gasteiger partial charge is 0.303 e. The molecule has 12 heteroatoms. The lowest BCUT2D eigenvalue weighted by atomic mass is 10.1. The third kappa shape index (κ3) is 17.2. The maximum Gasteiger partial charge on any atom is 0.303 e. The average Bonchev–Trinajstić information content (AvgIpc) is 3.25. The number of carboxylic acids is 4. The van der Waals surface area contributed by atoms with Crippen LogP contribution in [-0.4, -0.2) is 82.0 Å². The summed E-state index contributed by atoms with van der Waals surface area (Å²) in [6, 6.07) is 5.87. The van der Waals surface area contributed by atoms with Gasteiger partial charge < -0.3 is 35.8 Å². The van der Waals surface area contributed by atoms with Crippen molar-refractivity contribution in [2.45, 2.75) is 45.4 Å². The number of hydrogen-bond donors (Lipinski definition) is 5. The first-order chi connectivity index (χ1) is 16.5. The van der Waals surface area contributed by atoms with Crippen molar-refractivity contribution in [3.8, 4) is 5.75 Å². The number of rotatable bonds is 12. The van der Waals surface area contributed by atoms with E-state index in [9.17, 15) is 19.2 Å². The summed E-state index contributed by atoms with van der Waals surface area (Å²) in [4.78, 5) is 41.0. The molecule has 0 saturated carbocycles. The number of aliphatic carboxylic acids is 4. The summed E-state index contributed by atoms with van der Waals surface area (Å²) in [5.74, 6) is -2.67. The summed E-state index contributed by atoms with van der Waals surface area (Å²) in [6.07, 6.45) is 1.02. The topological polar surface area (TPSA) is 188 Å². The quantitative estimate of drug-likeness (QED) is 0.273. The third-order valence-corrected chi connectivity index (χ3v) is 5.06. The molecule has 198 valence electrons. The lowest BCUT2D eigenvalue weighted by Crippen LogP contribution is -2.25. The van der Waals surface area contributed by atoms with E-state index in [-0.39, 0.29) is 25.7 Å². The highest BCUT2D eigenvalue weighted by Gasteiger charge is 2.21. The van der Waals surface area contributed by atoms with E-state index < -0.39 is 23.9 Å². The van der Waals surface area contributed by atoms with Crippen molar-refractivity contribution in [2.75, 3.05) is 32.8 Å². The maximum absolute atomic E-state index is 9.64. The molecule has 1 atom stereocenters. The average molecular weight is 519 g/mol. The van der Waals surface area contributed by atoms with E-state index >= 15 is 0 Å². The molecular weight excluding hydrogens is 484 g/mol. The first-order valence-corrected chi connectivity index (χ1v) is 11.6. The molecule has 0 spiro atoms. The maximum atomic E-state index is 9.64. The molecule has 0 aromatic heterocycles. The number of halogens is 1. The first-order valence-electron chi connectivity index (χ1n) is 11.2. The minimum Gasteiger partial charge on any atom is -0.494 e. The van der Waals surface area contributed by atoms with Crippen LogP contribution in [0.2, 0.25) is 5.02 Å². The van der Waals surface area contributed by atoms with Gasteiger partial charge in [0.2, 0.25) is 0 Å². The third-order valence-electron chi connectivity index (χ3n) is 4.83. The van der Waals surface area contributed by atoms with E-state index in [2.05, 4.69) is 4.90 Å². The van der Waals surface area contributed by atoms with Crippen molar-refractivity contribution in [1.82, 2.24) is 4.90 Å². The lowest BCUT2D eigenvalue weighted by Gasteiger charge is -2.17. The summed E-state index contributed by atoms with van der Waals surface area (Å²) in [5.41, 5.74) is 6.92. The van der Waals surface area contributed by atoms with Gasteiger partial charge in [-0.2, -0.15) is 0 Å². The van der Waals surface area contributed by atoms with Crippen molar-refractivity contribution in [2.24, 2.45) is 11.7 Å². The molecule has 1 heterocycles. The minimum atomic E-state index is -1.08. The second-order valence-corrected chi connectivity index (χ2v) is 8.14. The summed E-state index contributed by atoms with van der Waals surface area (Å²) in [7, 11) is 0. The molecule has 35 heavy (non-hydrogen) atoms. The van der Waals surface area contributed by atoms with Gasteiger partial charge in [0.25, 0.3) is 0 Å². The molecule has 0 unspecified atom stereocenters. The van der Waals surface area contributed by atoms with Crippen molar-refractivity contribution >= 4 is 35.5 Å². The predicted molar refractivity (Wildman–Crippen MR) is 129 cm³/mol. The Kier molecular flexibility index (Phi) is 16.9. The van der Waals surface area contributed by atoms with Gasteiger partial charge in [-0.25, -0.2) is 0 Å². The van der Waals surface area contributed by atoms with Gasteiger partial charge in [-0.1, -0.05) is 11.6 Å². The Morgan fingerprint density at radius 2 is 1.51 bits per heavy atom. The molecule has 1 aliphatic heterocycles. The number of nitrogens with zero attached hydrogens (tertiary/aromatic N) is 1. The molecule has 0 amide bonds. The molecule has 0 bridgehead atoms. The van der Waals surface area contributed by atoms with Crippen LogP contribution in [0.15, 0.2) is 18.2 Å². The Hall–Kier alpha value is -2.89. The zero-order valence-corrected chi connectivity index (χ0v) is 20.6. The van der Waals surface area contributed by atoms with Gasteiger partial charge in [-0.05, 0) is 62.5 Å². The Morgan fingerprint density at radius 3 is 1.91 bits per heavy atom. The zero-order chi connectivity index (χ0) is 26.8. The van der Waals surface area contributed by atoms with Gasteiger partial charge in [0.1, 0.15) is 5.75 Å².